The lowest BCUT2D eigenvalue weighted by molar-refractivity contribution is -0.385. The minimum absolute atomic E-state index is 0.0754. The minimum Gasteiger partial charge on any atom is -0.496 e. The molecule has 9 nitrogen and oxygen atoms in total. The van der Waals surface area contributed by atoms with Gasteiger partial charge in [0.1, 0.15) is 5.75 Å². The van der Waals surface area contributed by atoms with Crippen LogP contribution in [0.5, 0.6) is 11.5 Å². The summed E-state index contributed by atoms with van der Waals surface area (Å²) in [6.07, 6.45) is 2.44. The molecule has 0 fully saturated rings. The van der Waals surface area contributed by atoms with Crippen molar-refractivity contribution in [3.05, 3.63) is 74.3 Å². The number of benzene rings is 2. The number of rotatable bonds is 6. The third-order valence-corrected chi connectivity index (χ3v) is 3.09. The average molecular weight is 344 g/mol. The van der Waals surface area contributed by atoms with Crippen LogP contribution in [0.15, 0.2) is 48.5 Å². The molecule has 25 heavy (non-hydrogen) atoms. The van der Waals surface area contributed by atoms with Gasteiger partial charge in [0.15, 0.2) is 0 Å². The summed E-state index contributed by atoms with van der Waals surface area (Å²) in [6.45, 7) is 0. The monoisotopic (exact) mass is 344 g/mol. The predicted molar refractivity (Wildman–Crippen MR) is 87.4 cm³/mol. The molecule has 0 aliphatic heterocycles. The normalized spacial score (nSPS) is 10.4. The molecular weight excluding hydrogens is 332 g/mol. The summed E-state index contributed by atoms with van der Waals surface area (Å²) >= 11 is 0. The van der Waals surface area contributed by atoms with E-state index in [0.717, 1.165) is 12.1 Å². The minimum atomic E-state index is -0.827. The first-order valence-electron chi connectivity index (χ1n) is 6.87. The maximum Gasteiger partial charge on any atom is 0.336 e. The van der Waals surface area contributed by atoms with E-state index in [9.17, 15) is 25.0 Å². The zero-order valence-corrected chi connectivity index (χ0v) is 12.9. The van der Waals surface area contributed by atoms with E-state index in [1.165, 1.54) is 49.6 Å². The van der Waals surface area contributed by atoms with Gasteiger partial charge in [-0.25, -0.2) is 4.79 Å². The Morgan fingerprint density at radius 3 is 2.28 bits per heavy atom. The number of hydrogen-bond donors (Lipinski definition) is 0. The molecule has 128 valence electrons. The molecule has 0 aromatic heterocycles. The fourth-order valence-corrected chi connectivity index (χ4v) is 1.87. The molecule has 0 unspecified atom stereocenters. The van der Waals surface area contributed by atoms with Gasteiger partial charge in [0.25, 0.3) is 5.69 Å². The number of nitro benzene ring substituents is 2. The van der Waals surface area contributed by atoms with Crippen LogP contribution in [-0.4, -0.2) is 22.9 Å². The van der Waals surface area contributed by atoms with Crippen LogP contribution in [0.4, 0.5) is 11.4 Å². The molecule has 0 aliphatic carbocycles. The SMILES string of the molecule is COc1ccc(OC(=O)/C=C/c2ccc([N+](=O)[O-])cc2)c([N+](=O)[O-])c1. The maximum atomic E-state index is 11.8. The number of non-ortho nitro benzene ring substituents is 1. The van der Waals surface area contributed by atoms with Gasteiger partial charge in [-0.05, 0) is 35.9 Å². The van der Waals surface area contributed by atoms with Crippen LogP contribution in [0.1, 0.15) is 5.56 Å². The Morgan fingerprint density at radius 1 is 1.04 bits per heavy atom. The summed E-state index contributed by atoms with van der Waals surface area (Å²) in [6, 6.07) is 9.32. The van der Waals surface area contributed by atoms with E-state index in [1.54, 1.807) is 0 Å². The van der Waals surface area contributed by atoms with Crippen molar-refractivity contribution in [2.75, 3.05) is 7.11 Å². The molecule has 2 aromatic rings. The molecule has 0 saturated heterocycles. The smallest absolute Gasteiger partial charge is 0.336 e. The molecule has 0 spiro atoms. The summed E-state index contributed by atoms with van der Waals surface area (Å²) in [5.41, 5.74) is 0.0526. The first-order chi connectivity index (χ1) is 11.9. The standard InChI is InChI=1S/C16H12N2O7/c1-24-13-7-8-15(14(10-13)18(22)23)25-16(19)9-4-11-2-5-12(6-3-11)17(20)21/h2-10H,1H3/b9-4+. The summed E-state index contributed by atoms with van der Waals surface area (Å²) in [4.78, 5) is 32.2. The van der Waals surface area contributed by atoms with E-state index in [-0.39, 0.29) is 17.2 Å². The molecule has 2 rings (SSSR count). The lowest BCUT2D eigenvalue weighted by Crippen LogP contribution is -2.06. The van der Waals surface area contributed by atoms with Crippen LogP contribution < -0.4 is 9.47 Å². The molecule has 0 radical (unpaired) electrons. The van der Waals surface area contributed by atoms with Crippen molar-refractivity contribution in [3.63, 3.8) is 0 Å². The Balaban J connectivity index is 2.12. The topological polar surface area (TPSA) is 122 Å². The van der Waals surface area contributed by atoms with Crippen molar-refractivity contribution in [2.45, 2.75) is 0 Å². The summed E-state index contributed by atoms with van der Waals surface area (Å²) in [7, 11) is 1.36. The fourth-order valence-electron chi connectivity index (χ4n) is 1.87. The lowest BCUT2D eigenvalue weighted by atomic mass is 10.2. The largest absolute Gasteiger partial charge is 0.496 e. The number of nitro groups is 2. The van der Waals surface area contributed by atoms with Gasteiger partial charge in [0.05, 0.1) is 23.0 Å². The second kappa shape index (κ2) is 7.68. The number of esters is 1. The highest BCUT2D eigenvalue weighted by atomic mass is 16.6. The van der Waals surface area contributed by atoms with Crippen LogP contribution >= 0.6 is 0 Å². The average Bonchev–Trinajstić information content (AvgIpc) is 2.60. The predicted octanol–water partition coefficient (Wildman–Crippen LogP) is 3.13. The van der Waals surface area contributed by atoms with E-state index in [1.807, 2.05) is 0 Å². The number of ether oxygens (including phenoxy) is 2. The van der Waals surface area contributed by atoms with Crippen LogP contribution in [0.2, 0.25) is 0 Å². The molecule has 0 amide bonds. The number of methoxy groups -OCH3 is 1. The van der Waals surface area contributed by atoms with Gasteiger partial charge in [-0.2, -0.15) is 0 Å². The molecule has 9 heteroatoms. The molecule has 0 heterocycles. The van der Waals surface area contributed by atoms with Crippen LogP contribution in [0, 0.1) is 20.2 Å². The van der Waals surface area contributed by atoms with E-state index in [0.29, 0.717) is 5.56 Å². The molecule has 0 bridgehead atoms. The Labute approximate surface area is 141 Å². The first-order valence-corrected chi connectivity index (χ1v) is 6.87. The third-order valence-electron chi connectivity index (χ3n) is 3.09. The number of carbonyl (C=O) groups excluding carboxylic acids is 1. The fraction of sp³-hybridized carbons (Fsp3) is 0.0625. The van der Waals surface area contributed by atoms with Crippen LogP contribution in [0.25, 0.3) is 6.08 Å². The Kier molecular flexibility index (Phi) is 5.41. The van der Waals surface area contributed by atoms with E-state index in [4.69, 9.17) is 9.47 Å². The highest BCUT2D eigenvalue weighted by Crippen LogP contribution is 2.31. The Morgan fingerprint density at radius 2 is 1.72 bits per heavy atom. The van der Waals surface area contributed by atoms with Gasteiger partial charge in [-0.15, -0.1) is 0 Å². The first kappa shape index (κ1) is 17.6. The number of carbonyl (C=O) groups is 1. The molecule has 0 N–H and O–H groups in total. The van der Waals surface area contributed by atoms with Crippen molar-refractivity contribution in [2.24, 2.45) is 0 Å². The van der Waals surface area contributed by atoms with Gasteiger partial charge in [0.2, 0.25) is 5.75 Å². The van der Waals surface area contributed by atoms with Crippen molar-refractivity contribution in [1.29, 1.82) is 0 Å². The summed E-state index contributed by atoms with van der Waals surface area (Å²) in [5, 5.41) is 21.6. The van der Waals surface area contributed by atoms with Gasteiger partial charge in [-0.3, -0.25) is 20.2 Å². The van der Waals surface area contributed by atoms with Crippen LogP contribution in [-0.2, 0) is 4.79 Å². The quantitative estimate of drug-likeness (QED) is 0.259. The van der Waals surface area contributed by atoms with Crippen molar-refractivity contribution < 1.29 is 24.1 Å². The van der Waals surface area contributed by atoms with Gasteiger partial charge < -0.3 is 9.47 Å². The van der Waals surface area contributed by atoms with E-state index >= 15 is 0 Å². The van der Waals surface area contributed by atoms with Crippen molar-refractivity contribution >= 4 is 23.4 Å². The number of hydrogen-bond acceptors (Lipinski definition) is 7. The van der Waals surface area contributed by atoms with Gasteiger partial charge in [0, 0.05) is 18.2 Å². The highest BCUT2D eigenvalue weighted by molar-refractivity contribution is 5.89. The molecule has 2 aromatic carbocycles. The third kappa shape index (κ3) is 4.61. The number of nitrogens with zero attached hydrogens (tertiary/aromatic N) is 2. The lowest BCUT2D eigenvalue weighted by Gasteiger charge is -2.04. The van der Waals surface area contributed by atoms with Gasteiger partial charge in [-0.1, -0.05) is 0 Å². The molecule has 0 saturated carbocycles. The second-order valence-electron chi connectivity index (χ2n) is 4.69. The van der Waals surface area contributed by atoms with Gasteiger partial charge >= 0.3 is 11.7 Å². The zero-order chi connectivity index (χ0) is 18.4. The molecule has 0 aliphatic rings. The van der Waals surface area contributed by atoms with Crippen LogP contribution in [0.3, 0.4) is 0 Å². The second-order valence-corrected chi connectivity index (χ2v) is 4.69. The van der Waals surface area contributed by atoms with Crippen molar-refractivity contribution in [3.8, 4) is 11.5 Å². The summed E-state index contributed by atoms with van der Waals surface area (Å²) in [5.74, 6) is -0.788. The highest BCUT2D eigenvalue weighted by Gasteiger charge is 2.18. The Bertz CT molecular complexity index is 844. The van der Waals surface area contributed by atoms with Crippen molar-refractivity contribution in [1.82, 2.24) is 0 Å². The molecular formula is C16H12N2O7. The van der Waals surface area contributed by atoms with E-state index in [2.05, 4.69) is 0 Å². The van der Waals surface area contributed by atoms with E-state index < -0.39 is 21.5 Å². The maximum absolute atomic E-state index is 11.8. The zero-order valence-electron chi connectivity index (χ0n) is 12.9. The Hall–Kier alpha value is -3.75. The molecule has 0 atom stereocenters. The summed E-state index contributed by atoms with van der Waals surface area (Å²) < 4.78 is 9.85.